The largest absolute Gasteiger partial charge is 0.353 e. The van der Waals surface area contributed by atoms with Crippen LogP contribution in [0.2, 0.25) is 0 Å². The molecule has 0 saturated carbocycles. The number of rotatable bonds is 6. The maximum absolute atomic E-state index is 12.2. The standard InChI is InChI=1S/C27H23N9O/c1-36(2)15-24(37)31-17-11-16(13-28-14-17)19-6-7-22-26(33-19)27(35-34-22)23-12-18-20(32-23)8-10-30-25(18)21-5-3-4-9-29-21/h3-14,32H,15H2,1-2H3,(H,31,37)(H,34,35). The quantitative estimate of drug-likeness (QED) is 0.321. The van der Waals surface area contributed by atoms with Crippen molar-refractivity contribution in [2.75, 3.05) is 26.0 Å². The van der Waals surface area contributed by atoms with Crippen molar-refractivity contribution in [3.8, 4) is 34.0 Å². The third-order valence-electron chi connectivity index (χ3n) is 5.90. The van der Waals surface area contributed by atoms with Crippen molar-refractivity contribution < 1.29 is 4.79 Å². The van der Waals surface area contributed by atoms with E-state index in [2.05, 4.69) is 35.5 Å². The lowest BCUT2D eigenvalue weighted by atomic mass is 10.1. The van der Waals surface area contributed by atoms with E-state index in [-0.39, 0.29) is 12.5 Å². The Morgan fingerprint density at radius 3 is 2.70 bits per heavy atom. The zero-order valence-electron chi connectivity index (χ0n) is 20.2. The van der Waals surface area contributed by atoms with Gasteiger partial charge in [0.1, 0.15) is 11.2 Å². The number of anilines is 1. The zero-order valence-corrected chi connectivity index (χ0v) is 20.2. The predicted molar refractivity (Wildman–Crippen MR) is 143 cm³/mol. The van der Waals surface area contributed by atoms with Crippen molar-refractivity contribution >= 4 is 33.5 Å². The van der Waals surface area contributed by atoms with E-state index in [4.69, 9.17) is 4.98 Å². The number of pyridine rings is 4. The molecule has 1 amide bonds. The number of amides is 1. The van der Waals surface area contributed by atoms with Gasteiger partial charge < -0.3 is 15.2 Å². The van der Waals surface area contributed by atoms with Crippen molar-refractivity contribution in [2.45, 2.75) is 0 Å². The second-order valence-electron chi connectivity index (χ2n) is 8.93. The summed E-state index contributed by atoms with van der Waals surface area (Å²) >= 11 is 0. The molecule has 0 unspecified atom stereocenters. The van der Waals surface area contributed by atoms with E-state index >= 15 is 0 Å². The van der Waals surface area contributed by atoms with E-state index in [1.54, 1.807) is 24.8 Å². The van der Waals surface area contributed by atoms with Gasteiger partial charge in [0, 0.05) is 35.1 Å². The molecule has 0 radical (unpaired) electrons. The average molecular weight is 490 g/mol. The van der Waals surface area contributed by atoms with Crippen LogP contribution in [0.4, 0.5) is 5.69 Å². The Balaban J connectivity index is 1.38. The highest BCUT2D eigenvalue weighted by Gasteiger charge is 2.16. The van der Waals surface area contributed by atoms with Crippen LogP contribution in [0.5, 0.6) is 0 Å². The molecule has 0 spiro atoms. The van der Waals surface area contributed by atoms with E-state index in [9.17, 15) is 4.79 Å². The molecule has 6 aromatic rings. The molecule has 0 atom stereocenters. The molecule has 0 aromatic carbocycles. The van der Waals surface area contributed by atoms with E-state index in [0.717, 1.165) is 50.3 Å². The Morgan fingerprint density at radius 2 is 1.86 bits per heavy atom. The predicted octanol–water partition coefficient (Wildman–Crippen LogP) is 4.13. The van der Waals surface area contributed by atoms with Gasteiger partial charge in [0.15, 0.2) is 0 Å². The fourth-order valence-electron chi connectivity index (χ4n) is 4.27. The van der Waals surface area contributed by atoms with Crippen LogP contribution < -0.4 is 5.32 Å². The number of likely N-dealkylation sites (N-methyl/N-ethyl adjacent to an activating group) is 1. The molecule has 0 aliphatic carbocycles. The molecule has 0 fully saturated rings. The van der Waals surface area contributed by atoms with E-state index in [1.807, 2.05) is 67.5 Å². The Labute approximate surface area is 211 Å². The van der Waals surface area contributed by atoms with Crippen LogP contribution in [0.15, 0.2) is 73.3 Å². The number of fused-ring (bicyclic) bond motifs is 2. The number of aromatic amines is 2. The Hall–Kier alpha value is -4.96. The number of carbonyl (C=O) groups excluding carboxylic acids is 1. The Morgan fingerprint density at radius 1 is 0.946 bits per heavy atom. The van der Waals surface area contributed by atoms with Gasteiger partial charge >= 0.3 is 0 Å². The van der Waals surface area contributed by atoms with Crippen molar-refractivity contribution in [2.24, 2.45) is 0 Å². The van der Waals surface area contributed by atoms with Gasteiger partial charge in [0.25, 0.3) is 0 Å². The monoisotopic (exact) mass is 489 g/mol. The molecule has 0 saturated heterocycles. The third kappa shape index (κ3) is 4.41. The van der Waals surface area contributed by atoms with Gasteiger partial charge in [-0.2, -0.15) is 5.10 Å². The summed E-state index contributed by atoms with van der Waals surface area (Å²) in [5.74, 6) is -0.108. The highest BCUT2D eigenvalue weighted by atomic mass is 16.2. The van der Waals surface area contributed by atoms with Crippen LogP contribution in [-0.2, 0) is 4.79 Å². The molecule has 6 aromatic heterocycles. The highest BCUT2D eigenvalue weighted by molar-refractivity contribution is 5.99. The maximum atomic E-state index is 12.2. The van der Waals surface area contributed by atoms with Crippen LogP contribution in [0.25, 0.3) is 56.0 Å². The normalized spacial score (nSPS) is 11.4. The van der Waals surface area contributed by atoms with E-state index in [1.165, 1.54) is 0 Å². The van der Waals surface area contributed by atoms with Crippen LogP contribution in [0.1, 0.15) is 0 Å². The van der Waals surface area contributed by atoms with E-state index < -0.39 is 0 Å². The second kappa shape index (κ2) is 9.25. The Bertz CT molecular complexity index is 1740. The van der Waals surface area contributed by atoms with Crippen LogP contribution >= 0.6 is 0 Å². The number of nitrogens with zero attached hydrogens (tertiary/aromatic N) is 6. The van der Waals surface area contributed by atoms with Crippen molar-refractivity contribution in [1.82, 2.24) is 40.0 Å². The number of carbonyl (C=O) groups is 1. The van der Waals surface area contributed by atoms with Gasteiger partial charge in [-0.25, -0.2) is 4.98 Å². The van der Waals surface area contributed by atoms with Crippen LogP contribution in [0.3, 0.4) is 0 Å². The molecular weight excluding hydrogens is 466 g/mol. The SMILES string of the molecule is CN(C)CC(=O)Nc1cncc(-c2ccc3[nH]nc(-c4cc5c(-c6ccccn6)nccc5[nH]4)c3n2)c1. The summed E-state index contributed by atoms with van der Waals surface area (Å²) < 4.78 is 0. The molecule has 0 bridgehead atoms. The fraction of sp³-hybridized carbons (Fsp3) is 0.111. The van der Waals surface area contributed by atoms with Crippen LogP contribution in [-0.4, -0.2) is 66.6 Å². The lowest BCUT2D eigenvalue weighted by Gasteiger charge is -2.10. The molecule has 0 aliphatic rings. The van der Waals surface area contributed by atoms with E-state index in [0.29, 0.717) is 11.4 Å². The van der Waals surface area contributed by atoms with Gasteiger partial charge in [-0.05, 0) is 56.6 Å². The minimum absolute atomic E-state index is 0.108. The number of nitrogens with one attached hydrogen (secondary N) is 3. The lowest BCUT2D eigenvalue weighted by molar-refractivity contribution is -0.116. The minimum Gasteiger partial charge on any atom is -0.353 e. The van der Waals surface area contributed by atoms with Crippen molar-refractivity contribution in [3.63, 3.8) is 0 Å². The van der Waals surface area contributed by atoms with Gasteiger partial charge in [-0.3, -0.25) is 24.8 Å². The summed E-state index contributed by atoms with van der Waals surface area (Å²) in [6, 6.07) is 15.4. The highest BCUT2D eigenvalue weighted by Crippen LogP contribution is 2.32. The third-order valence-corrected chi connectivity index (χ3v) is 5.90. The van der Waals surface area contributed by atoms with Gasteiger partial charge in [0.2, 0.25) is 5.91 Å². The molecule has 6 heterocycles. The summed E-state index contributed by atoms with van der Waals surface area (Å²) in [6.45, 7) is 0.287. The molecule has 0 aliphatic heterocycles. The maximum Gasteiger partial charge on any atom is 0.238 e. The first-order chi connectivity index (χ1) is 18.0. The molecular formula is C27H23N9O. The summed E-state index contributed by atoms with van der Waals surface area (Å²) in [5.41, 5.74) is 7.70. The first-order valence-electron chi connectivity index (χ1n) is 11.7. The molecule has 182 valence electrons. The molecule has 6 rings (SSSR count). The van der Waals surface area contributed by atoms with Crippen molar-refractivity contribution in [1.29, 1.82) is 0 Å². The molecule has 3 N–H and O–H groups in total. The Kier molecular flexibility index (Phi) is 5.62. The lowest BCUT2D eigenvalue weighted by Crippen LogP contribution is -2.27. The van der Waals surface area contributed by atoms with Gasteiger partial charge in [0.05, 0.1) is 46.7 Å². The number of aromatic nitrogens is 7. The summed E-state index contributed by atoms with van der Waals surface area (Å²) in [6.07, 6.45) is 6.87. The minimum atomic E-state index is -0.108. The summed E-state index contributed by atoms with van der Waals surface area (Å²) in [5, 5.41) is 11.5. The number of H-pyrrole nitrogens is 2. The molecule has 37 heavy (non-hydrogen) atoms. The smallest absolute Gasteiger partial charge is 0.238 e. The first kappa shape index (κ1) is 22.5. The van der Waals surface area contributed by atoms with Crippen LogP contribution in [0, 0.1) is 0 Å². The summed E-state index contributed by atoms with van der Waals surface area (Å²) in [7, 11) is 3.69. The average Bonchev–Trinajstić information content (AvgIpc) is 3.52. The molecule has 10 heteroatoms. The second-order valence-corrected chi connectivity index (χ2v) is 8.93. The first-order valence-corrected chi connectivity index (χ1v) is 11.7. The fourth-order valence-corrected chi connectivity index (χ4v) is 4.27. The van der Waals surface area contributed by atoms with Gasteiger partial charge in [-0.15, -0.1) is 0 Å². The van der Waals surface area contributed by atoms with Crippen molar-refractivity contribution in [3.05, 3.63) is 73.3 Å². The zero-order chi connectivity index (χ0) is 25.4. The number of hydrogen-bond donors (Lipinski definition) is 3. The van der Waals surface area contributed by atoms with Gasteiger partial charge in [-0.1, -0.05) is 6.07 Å². The number of hydrogen-bond acceptors (Lipinski definition) is 7. The molecule has 10 nitrogen and oxygen atoms in total. The summed E-state index contributed by atoms with van der Waals surface area (Å²) in [4.78, 5) is 35.7. The topological polar surface area (TPSA) is 128 Å².